The van der Waals surface area contributed by atoms with Gasteiger partial charge in [-0.2, -0.15) is 0 Å². The number of fused-ring (bicyclic) bond motifs is 1. The molecule has 32 heavy (non-hydrogen) atoms. The minimum atomic E-state index is -0.619. The summed E-state index contributed by atoms with van der Waals surface area (Å²) >= 11 is 1.33. The topological polar surface area (TPSA) is 87.0 Å². The Balaban J connectivity index is 1.89. The number of rotatable bonds is 6. The van der Waals surface area contributed by atoms with E-state index in [2.05, 4.69) is 4.99 Å². The largest absolute Gasteiger partial charge is 0.494 e. The molecule has 0 atom stereocenters. The lowest BCUT2D eigenvalue weighted by Crippen LogP contribution is -2.21. The molecule has 1 aromatic heterocycles. The number of thioether (sulfide) groups is 1. The molecule has 1 saturated carbocycles. The second-order valence-corrected chi connectivity index (χ2v) is 8.82. The molecule has 1 aromatic carbocycles. The quantitative estimate of drug-likeness (QED) is 0.368. The number of methoxy groups -OCH3 is 1. The highest BCUT2D eigenvalue weighted by atomic mass is 32.2. The molecule has 8 heteroatoms. The summed E-state index contributed by atoms with van der Waals surface area (Å²) in [6.45, 7) is 1.91. The Bertz CT molecular complexity index is 1210. The SMILES string of the molecule is CCOC(=O)c1cn(C2CC2)c2c(OC)c(C(=NC)SC3=CCCCC3=O)ccc2c1=O. The molecule has 0 saturated heterocycles. The van der Waals surface area contributed by atoms with Crippen LogP contribution in [0, 0.1) is 0 Å². The van der Waals surface area contributed by atoms with Crippen molar-refractivity contribution in [2.75, 3.05) is 20.8 Å². The Labute approximate surface area is 190 Å². The Morgan fingerprint density at radius 2 is 2.03 bits per heavy atom. The zero-order chi connectivity index (χ0) is 22.8. The lowest BCUT2D eigenvalue weighted by atomic mass is 10.1. The summed E-state index contributed by atoms with van der Waals surface area (Å²) in [5.74, 6) is 0.0148. The van der Waals surface area contributed by atoms with Gasteiger partial charge in [-0.15, -0.1) is 0 Å². The summed E-state index contributed by atoms with van der Waals surface area (Å²) in [7, 11) is 3.24. The maximum absolute atomic E-state index is 13.2. The minimum Gasteiger partial charge on any atom is -0.494 e. The van der Waals surface area contributed by atoms with Crippen LogP contribution < -0.4 is 10.2 Å². The van der Waals surface area contributed by atoms with Crippen molar-refractivity contribution in [2.45, 2.75) is 45.1 Å². The van der Waals surface area contributed by atoms with Gasteiger partial charge in [0.15, 0.2) is 11.5 Å². The van der Waals surface area contributed by atoms with E-state index in [0.717, 1.165) is 25.7 Å². The Hall–Kier alpha value is -2.87. The first kappa shape index (κ1) is 22.3. The molecule has 2 aliphatic rings. The van der Waals surface area contributed by atoms with Crippen LogP contribution in [-0.4, -0.2) is 42.1 Å². The van der Waals surface area contributed by atoms with Crippen molar-refractivity contribution in [1.29, 1.82) is 0 Å². The Morgan fingerprint density at radius 1 is 1.25 bits per heavy atom. The van der Waals surface area contributed by atoms with E-state index in [1.54, 1.807) is 39.4 Å². The number of benzene rings is 1. The van der Waals surface area contributed by atoms with Crippen LogP contribution in [0.4, 0.5) is 0 Å². The molecular formula is C24H26N2O5S. The predicted octanol–water partition coefficient (Wildman–Crippen LogP) is 4.27. The van der Waals surface area contributed by atoms with Crippen molar-refractivity contribution in [2.24, 2.45) is 4.99 Å². The van der Waals surface area contributed by atoms with E-state index in [-0.39, 0.29) is 29.4 Å². The van der Waals surface area contributed by atoms with Gasteiger partial charge < -0.3 is 14.0 Å². The van der Waals surface area contributed by atoms with Crippen molar-refractivity contribution >= 4 is 39.5 Å². The van der Waals surface area contributed by atoms with Crippen LogP contribution in [0.3, 0.4) is 0 Å². The van der Waals surface area contributed by atoms with Gasteiger partial charge in [0.25, 0.3) is 0 Å². The van der Waals surface area contributed by atoms with E-state index in [9.17, 15) is 14.4 Å². The summed E-state index contributed by atoms with van der Waals surface area (Å²) < 4.78 is 12.9. The maximum Gasteiger partial charge on any atom is 0.343 e. The summed E-state index contributed by atoms with van der Waals surface area (Å²) in [4.78, 5) is 43.0. The summed E-state index contributed by atoms with van der Waals surface area (Å²) in [5.41, 5.74) is 0.992. The second-order valence-electron chi connectivity index (χ2n) is 7.79. The Kier molecular flexibility index (Phi) is 6.50. The molecule has 0 N–H and O–H groups in total. The van der Waals surface area contributed by atoms with Crippen molar-refractivity contribution in [3.05, 3.63) is 50.7 Å². The first-order chi connectivity index (χ1) is 15.5. The third kappa shape index (κ3) is 4.11. The number of aromatic nitrogens is 1. The summed E-state index contributed by atoms with van der Waals surface area (Å²) in [5, 5.41) is 1.05. The number of nitrogens with zero attached hydrogens (tertiary/aromatic N) is 2. The lowest BCUT2D eigenvalue weighted by Gasteiger charge is -2.19. The normalized spacial score (nSPS) is 16.8. The van der Waals surface area contributed by atoms with E-state index < -0.39 is 5.97 Å². The van der Waals surface area contributed by atoms with Gasteiger partial charge in [-0.25, -0.2) is 4.79 Å². The van der Waals surface area contributed by atoms with Gasteiger partial charge in [0.05, 0.1) is 35.1 Å². The van der Waals surface area contributed by atoms with Crippen LogP contribution in [0.15, 0.2) is 39.1 Å². The van der Waals surface area contributed by atoms with Crippen LogP contribution in [-0.2, 0) is 9.53 Å². The number of carbonyl (C=O) groups excluding carboxylic acids is 2. The molecule has 7 nitrogen and oxygen atoms in total. The molecule has 1 fully saturated rings. The number of ketones is 1. The highest BCUT2D eigenvalue weighted by Gasteiger charge is 2.30. The smallest absolute Gasteiger partial charge is 0.343 e. The molecule has 4 rings (SSSR count). The minimum absolute atomic E-state index is 0.0257. The molecule has 1 heterocycles. The number of hydrogen-bond donors (Lipinski definition) is 0. The average molecular weight is 455 g/mol. The van der Waals surface area contributed by atoms with Crippen LogP contribution in [0.1, 0.15) is 61.0 Å². The molecule has 0 aliphatic heterocycles. The van der Waals surface area contributed by atoms with Crippen LogP contribution in [0.2, 0.25) is 0 Å². The zero-order valence-corrected chi connectivity index (χ0v) is 19.3. The van der Waals surface area contributed by atoms with E-state index in [1.807, 2.05) is 10.6 Å². The van der Waals surface area contributed by atoms with Gasteiger partial charge in [0.2, 0.25) is 5.43 Å². The molecule has 0 unspecified atom stereocenters. The summed E-state index contributed by atoms with van der Waals surface area (Å²) in [6, 6.07) is 3.67. The third-order valence-electron chi connectivity index (χ3n) is 5.64. The first-order valence-electron chi connectivity index (χ1n) is 10.8. The number of hydrogen-bond acceptors (Lipinski definition) is 7. The zero-order valence-electron chi connectivity index (χ0n) is 18.5. The van der Waals surface area contributed by atoms with E-state index in [4.69, 9.17) is 9.47 Å². The average Bonchev–Trinajstić information content (AvgIpc) is 3.63. The Morgan fingerprint density at radius 3 is 2.66 bits per heavy atom. The van der Waals surface area contributed by atoms with Gasteiger partial charge in [0.1, 0.15) is 10.6 Å². The van der Waals surface area contributed by atoms with Crippen LogP contribution >= 0.6 is 11.8 Å². The van der Waals surface area contributed by atoms with Gasteiger partial charge in [-0.1, -0.05) is 17.8 Å². The number of aliphatic imine (C=N–C) groups is 1. The third-order valence-corrected chi connectivity index (χ3v) is 6.85. The number of ether oxygens (including phenoxy) is 2. The fourth-order valence-corrected chi connectivity index (χ4v) is 4.93. The van der Waals surface area contributed by atoms with E-state index >= 15 is 0 Å². The fourth-order valence-electron chi connectivity index (χ4n) is 3.94. The lowest BCUT2D eigenvalue weighted by molar-refractivity contribution is -0.115. The predicted molar refractivity (Wildman–Crippen MR) is 126 cm³/mol. The fraction of sp³-hybridized carbons (Fsp3) is 0.417. The molecule has 0 spiro atoms. The molecule has 0 radical (unpaired) electrons. The number of carbonyl (C=O) groups is 2. The maximum atomic E-state index is 13.2. The second kappa shape index (κ2) is 9.32. The van der Waals surface area contributed by atoms with Crippen molar-refractivity contribution < 1.29 is 19.1 Å². The van der Waals surface area contributed by atoms with Gasteiger partial charge in [0, 0.05) is 25.7 Å². The molecule has 168 valence electrons. The van der Waals surface area contributed by atoms with Crippen LogP contribution in [0.5, 0.6) is 5.75 Å². The number of allylic oxidation sites excluding steroid dienone is 2. The van der Waals surface area contributed by atoms with Crippen molar-refractivity contribution in [1.82, 2.24) is 4.57 Å². The summed E-state index contributed by atoms with van der Waals surface area (Å²) in [6.07, 6.45) is 7.76. The first-order valence-corrected chi connectivity index (χ1v) is 11.6. The molecule has 2 aromatic rings. The van der Waals surface area contributed by atoms with Crippen molar-refractivity contribution in [3.8, 4) is 5.75 Å². The van der Waals surface area contributed by atoms with E-state index in [1.165, 1.54) is 11.8 Å². The number of esters is 1. The molecule has 0 bridgehead atoms. The van der Waals surface area contributed by atoms with Crippen LogP contribution in [0.25, 0.3) is 10.9 Å². The highest BCUT2D eigenvalue weighted by Crippen LogP contribution is 2.41. The molecule has 2 aliphatic carbocycles. The van der Waals surface area contributed by atoms with E-state index in [0.29, 0.717) is 38.6 Å². The monoisotopic (exact) mass is 454 g/mol. The van der Waals surface area contributed by atoms with Crippen molar-refractivity contribution in [3.63, 3.8) is 0 Å². The molecule has 0 amide bonds. The van der Waals surface area contributed by atoms with Gasteiger partial charge in [-0.05, 0) is 44.7 Å². The van der Waals surface area contributed by atoms with Gasteiger partial charge >= 0.3 is 5.97 Å². The number of Topliss-reactive ketones (excluding diaryl/α,β-unsaturated/α-hetero) is 1. The van der Waals surface area contributed by atoms with Gasteiger partial charge in [-0.3, -0.25) is 14.6 Å². The number of pyridine rings is 1. The highest BCUT2D eigenvalue weighted by molar-refractivity contribution is 8.18. The standard InChI is InChI=1S/C24H26N2O5S/c1-4-31-24(29)17-13-26(14-9-10-14)20-15(21(17)28)11-12-16(22(20)30-3)23(25-2)32-19-8-6-5-7-18(19)27/h8,11-14H,4-7,9-10H2,1-3H3. The molecular weight excluding hydrogens is 428 g/mol.